The Balaban J connectivity index is 3.35. The largest absolute Gasteiger partial charge is 0.392 e. The van der Waals surface area contributed by atoms with Crippen molar-refractivity contribution in [3.8, 4) is 0 Å². The molecule has 0 bridgehead atoms. The molecule has 72 valence electrons. The summed E-state index contributed by atoms with van der Waals surface area (Å²) < 4.78 is 13.4. The van der Waals surface area contributed by atoms with Crippen LogP contribution in [0.3, 0.4) is 0 Å². The molecule has 0 aliphatic heterocycles. The first kappa shape index (κ1) is 10.2. The smallest absolute Gasteiger partial charge is 0.127 e. The Labute approximate surface area is 78.2 Å². The lowest BCUT2D eigenvalue weighted by atomic mass is 9.94. The fraction of sp³-hybridized carbons (Fsp3) is 0.455. The van der Waals surface area contributed by atoms with Gasteiger partial charge in [-0.25, -0.2) is 4.39 Å². The van der Waals surface area contributed by atoms with Gasteiger partial charge in [-0.2, -0.15) is 0 Å². The van der Waals surface area contributed by atoms with Gasteiger partial charge < -0.3 is 5.11 Å². The Kier molecular flexibility index (Phi) is 3.04. The summed E-state index contributed by atoms with van der Waals surface area (Å²) in [6.07, 6.45) is 0. The molecule has 0 saturated heterocycles. The molecule has 13 heavy (non-hydrogen) atoms. The second-order valence-corrected chi connectivity index (χ2v) is 3.57. The molecular formula is C11H15FO. The van der Waals surface area contributed by atoms with Gasteiger partial charge in [-0.05, 0) is 35.6 Å². The van der Waals surface area contributed by atoms with Crippen molar-refractivity contribution in [1.82, 2.24) is 0 Å². The third-order valence-electron chi connectivity index (χ3n) is 2.27. The average Bonchev–Trinajstić information content (AvgIpc) is 2.07. The molecule has 0 spiro atoms. The molecule has 0 unspecified atom stereocenters. The topological polar surface area (TPSA) is 20.2 Å². The van der Waals surface area contributed by atoms with E-state index in [1.807, 2.05) is 20.8 Å². The van der Waals surface area contributed by atoms with Gasteiger partial charge in [0.05, 0.1) is 6.61 Å². The molecule has 0 heterocycles. The van der Waals surface area contributed by atoms with Gasteiger partial charge >= 0.3 is 0 Å². The van der Waals surface area contributed by atoms with E-state index in [1.54, 1.807) is 6.07 Å². The Morgan fingerprint density at radius 1 is 1.38 bits per heavy atom. The van der Waals surface area contributed by atoms with Crippen LogP contribution in [0.1, 0.15) is 36.5 Å². The minimum atomic E-state index is -0.218. The molecule has 0 atom stereocenters. The first-order chi connectivity index (χ1) is 6.07. The highest BCUT2D eigenvalue weighted by atomic mass is 19.1. The Morgan fingerprint density at radius 3 is 2.38 bits per heavy atom. The van der Waals surface area contributed by atoms with E-state index in [0.717, 1.165) is 11.1 Å². The number of aliphatic hydroxyl groups is 1. The van der Waals surface area contributed by atoms with Crippen LogP contribution in [0.2, 0.25) is 0 Å². The Hall–Kier alpha value is -0.890. The summed E-state index contributed by atoms with van der Waals surface area (Å²) in [6.45, 7) is 5.65. The lowest BCUT2D eigenvalue weighted by molar-refractivity contribution is 0.278. The number of halogens is 1. The maximum absolute atomic E-state index is 13.4. The van der Waals surface area contributed by atoms with Gasteiger partial charge in [0.25, 0.3) is 0 Å². The summed E-state index contributed by atoms with van der Waals surface area (Å²) in [4.78, 5) is 0. The number of aliphatic hydroxyl groups excluding tert-OH is 1. The van der Waals surface area contributed by atoms with Gasteiger partial charge in [-0.15, -0.1) is 0 Å². The monoisotopic (exact) mass is 182 g/mol. The van der Waals surface area contributed by atoms with Crippen LogP contribution in [-0.4, -0.2) is 5.11 Å². The molecule has 0 aliphatic carbocycles. The van der Waals surface area contributed by atoms with Crippen LogP contribution < -0.4 is 0 Å². The van der Waals surface area contributed by atoms with Crippen molar-refractivity contribution < 1.29 is 9.50 Å². The molecule has 1 rings (SSSR count). The normalized spacial score (nSPS) is 10.9. The van der Waals surface area contributed by atoms with E-state index in [2.05, 4.69) is 0 Å². The van der Waals surface area contributed by atoms with Gasteiger partial charge in [-0.3, -0.25) is 0 Å². The zero-order chi connectivity index (χ0) is 10.0. The zero-order valence-corrected chi connectivity index (χ0v) is 8.26. The Morgan fingerprint density at radius 2 is 2.00 bits per heavy atom. The van der Waals surface area contributed by atoms with Gasteiger partial charge in [-0.1, -0.05) is 19.9 Å². The summed E-state index contributed by atoms with van der Waals surface area (Å²) in [6, 6.07) is 3.16. The van der Waals surface area contributed by atoms with Crippen LogP contribution >= 0.6 is 0 Å². The van der Waals surface area contributed by atoms with E-state index in [-0.39, 0.29) is 18.3 Å². The van der Waals surface area contributed by atoms with E-state index in [1.165, 1.54) is 6.07 Å². The number of benzene rings is 1. The van der Waals surface area contributed by atoms with Crippen molar-refractivity contribution in [3.63, 3.8) is 0 Å². The maximum Gasteiger partial charge on any atom is 0.127 e. The number of hydrogen-bond acceptors (Lipinski definition) is 1. The molecule has 0 aliphatic rings. The van der Waals surface area contributed by atoms with E-state index in [0.29, 0.717) is 5.56 Å². The number of aryl methyl sites for hydroxylation is 1. The van der Waals surface area contributed by atoms with Crippen molar-refractivity contribution in [2.45, 2.75) is 33.3 Å². The van der Waals surface area contributed by atoms with Crippen LogP contribution in [0, 0.1) is 12.7 Å². The molecule has 1 N–H and O–H groups in total. The molecule has 0 saturated carbocycles. The van der Waals surface area contributed by atoms with Gasteiger partial charge in [0.15, 0.2) is 0 Å². The summed E-state index contributed by atoms with van der Waals surface area (Å²) >= 11 is 0. The second kappa shape index (κ2) is 3.88. The first-order valence-corrected chi connectivity index (χ1v) is 4.46. The lowest BCUT2D eigenvalue weighted by Gasteiger charge is -2.14. The van der Waals surface area contributed by atoms with E-state index in [9.17, 15) is 4.39 Å². The molecule has 0 aromatic heterocycles. The van der Waals surface area contributed by atoms with Crippen molar-refractivity contribution in [2.75, 3.05) is 0 Å². The third kappa shape index (κ3) is 1.89. The van der Waals surface area contributed by atoms with Crippen molar-refractivity contribution in [2.24, 2.45) is 0 Å². The fourth-order valence-corrected chi connectivity index (χ4v) is 1.58. The molecule has 1 aromatic carbocycles. The van der Waals surface area contributed by atoms with Crippen LogP contribution in [0.15, 0.2) is 12.1 Å². The quantitative estimate of drug-likeness (QED) is 0.745. The lowest BCUT2D eigenvalue weighted by Crippen LogP contribution is -2.02. The van der Waals surface area contributed by atoms with Crippen LogP contribution in [0.5, 0.6) is 0 Å². The molecule has 0 fully saturated rings. The van der Waals surface area contributed by atoms with E-state index in [4.69, 9.17) is 5.11 Å². The maximum atomic E-state index is 13.4. The van der Waals surface area contributed by atoms with Crippen molar-refractivity contribution in [1.29, 1.82) is 0 Å². The molecule has 2 heteroatoms. The summed E-state index contributed by atoms with van der Waals surface area (Å²) in [5, 5.41) is 9.11. The number of rotatable bonds is 2. The van der Waals surface area contributed by atoms with Crippen molar-refractivity contribution in [3.05, 3.63) is 34.6 Å². The van der Waals surface area contributed by atoms with E-state index < -0.39 is 0 Å². The zero-order valence-electron chi connectivity index (χ0n) is 8.26. The average molecular weight is 182 g/mol. The van der Waals surface area contributed by atoms with Crippen LogP contribution in [0.4, 0.5) is 4.39 Å². The predicted octanol–water partition coefficient (Wildman–Crippen LogP) is 2.75. The SMILES string of the molecule is Cc1ccc(F)c(C(C)C)c1CO. The highest BCUT2D eigenvalue weighted by Crippen LogP contribution is 2.25. The summed E-state index contributed by atoms with van der Waals surface area (Å²) in [5.41, 5.74) is 2.32. The van der Waals surface area contributed by atoms with Gasteiger partial charge in [0.2, 0.25) is 0 Å². The molecule has 1 aromatic rings. The van der Waals surface area contributed by atoms with Gasteiger partial charge in [0, 0.05) is 0 Å². The fourth-order valence-electron chi connectivity index (χ4n) is 1.58. The van der Waals surface area contributed by atoms with Crippen LogP contribution in [-0.2, 0) is 6.61 Å². The standard InChI is InChI=1S/C11H15FO/c1-7(2)11-9(6-13)8(3)4-5-10(11)12/h4-5,7,13H,6H2,1-3H3. The predicted molar refractivity (Wildman–Crippen MR) is 51.1 cm³/mol. The molecule has 0 amide bonds. The summed E-state index contributed by atoms with van der Waals surface area (Å²) in [5.74, 6) is -0.105. The minimum absolute atomic E-state index is 0.0862. The molecule has 0 radical (unpaired) electrons. The van der Waals surface area contributed by atoms with Crippen LogP contribution in [0.25, 0.3) is 0 Å². The molecular weight excluding hydrogens is 167 g/mol. The summed E-state index contributed by atoms with van der Waals surface area (Å²) in [7, 11) is 0. The second-order valence-electron chi connectivity index (χ2n) is 3.57. The van der Waals surface area contributed by atoms with Gasteiger partial charge in [0.1, 0.15) is 5.82 Å². The molecule has 1 nitrogen and oxygen atoms in total. The van der Waals surface area contributed by atoms with Crippen molar-refractivity contribution >= 4 is 0 Å². The number of hydrogen-bond donors (Lipinski definition) is 1. The van der Waals surface area contributed by atoms with E-state index >= 15 is 0 Å². The minimum Gasteiger partial charge on any atom is -0.392 e. The highest BCUT2D eigenvalue weighted by Gasteiger charge is 2.13. The third-order valence-corrected chi connectivity index (χ3v) is 2.27. The highest BCUT2D eigenvalue weighted by molar-refractivity contribution is 5.36. The first-order valence-electron chi connectivity index (χ1n) is 4.46. The Bertz CT molecular complexity index is 305.